The average Bonchev–Trinajstić information content (AvgIpc) is 2.62. The third-order valence-corrected chi connectivity index (χ3v) is 4.18. The molecule has 128 valence electrons. The second kappa shape index (κ2) is 6.92. The quantitative estimate of drug-likeness (QED) is 0.894. The van der Waals surface area contributed by atoms with E-state index in [1.165, 1.54) is 14.2 Å². The lowest BCUT2D eigenvalue weighted by Crippen LogP contribution is -2.31. The smallest absolute Gasteiger partial charge is 0.220 e. The van der Waals surface area contributed by atoms with Gasteiger partial charge in [-0.3, -0.25) is 4.90 Å². The van der Waals surface area contributed by atoms with Crippen LogP contribution in [0.25, 0.3) is 0 Å². The standard InChI is InChI=1S/C17H21N3O4/c1-22-14-6-11(7-15(23-2)16(14)21)8-20-5-4-13-12(9-20)17(24-3)19-10-18-13/h6-7,10,21H,4-5,8-9H2,1-3H3. The second-order valence-corrected chi connectivity index (χ2v) is 5.62. The molecule has 0 spiro atoms. The van der Waals surface area contributed by atoms with Gasteiger partial charge in [0.25, 0.3) is 0 Å². The Kier molecular flexibility index (Phi) is 4.71. The Morgan fingerprint density at radius 1 is 1.08 bits per heavy atom. The van der Waals surface area contributed by atoms with E-state index in [-0.39, 0.29) is 5.75 Å². The summed E-state index contributed by atoms with van der Waals surface area (Å²) in [6.45, 7) is 2.30. The topological polar surface area (TPSA) is 76.9 Å². The first kappa shape index (κ1) is 16.3. The molecule has 2 heterocycles. The Labute approximate surface area is 140 Å². The van der Waals surface area contributed by atoms with Crippen LogP contribution in [0.2, 0.25) is 0 Å². The van der Waals surface area contributed by atoms with Crippen molar-refractivity contribution < 1.29 is 19.3 Å². The van der Waals surface area contributed by atoms with Crippen LogP contribution in [0.4, 0.5) is 0 Å². The summed E-state index contributed by atoms with van der Waals surface area (Å²) < 4.78 is 15.8. The molecule has 2 aromatic rings. The molecule has 0 bridgehead atoms. The minimum atomic E-state index is 0.0165. The van der Waals surface area contributed by atoms with Gasteiger partial charge in [0.15, 0.2) is 11.5 Å². The summed E-state index contributed by atoms with van der Waals surface area (Å²) in [5.74, 6) is 1.46. The minimum Gasteiger partial charge on any atom is -0.502 e. The van der Waals surface area contributed by atoms with Crippen molar-refractivity contribution in [3.63, 3.8) is 0 Å². The molecule has 1 aromatic heterocycles. The van der Waals surface area contributed by atoms with E-state index in [1.807, 2.05) is 12.1 Å². The molecule has 1 aliphatic rings. The van der Waals surface area contributed by atoms with E-state index >= 15 is 0 Å². The molecular formula is C17H21N3O4. The maximum Gasteiger partial charge on any atom is 0.220 e. The van der Waals surface area contributed by atoms with Gasteiger partial charge in [0, 0.05) is 31.6 Å². The number of hydrogen-bond acceptors (Lipinski definition) is 7. The fraction of sp³-hybridized carbons (Fsp3) is 0.412. The molecule has 1 aromatic carbocycles. The third-order valence-electron chi connectivity index (χ3n) is 4.18. The van der Waals surface area contributed by atoms with E-state index in [4.69, 9.17) is 14.2 Å². The number of fused-ring (bicyclic) bond motifs is 1. The summed E-state index contributed by atoms with van der Waals surface area (Å²) in [5.41, 5.74) is 3.07. The number of phenolic OH excluding ortho intramolecular Hbond substituents is 1. The number of nitrogens with zero attached hydrogens (tertiary/aromatic N) is 3. The summed E-state index contributed by atoms with van der Waals surface area (Å²) in [6.07, 6.45) is 2.39. The van der Waals surface area contributed by atoms with Gasteiger partial charge in [-0.05, 0) is 17.7 Å². The minimum absolute atomic E-state index is 0.0165. The Hall–Kier alpha value is -2.54. The van der Waals surface area contributed by atoms with E-state index < -0.39 is 0 Å². The Bertz CT molecular complexity index is 697. The van der Waals surface area contributed by atoms with Gasteiger partial charge in [-0.2, -0.15) is 0 Å². The van der Waals surface area contributed by atoms with Crippen molar-refractivity contribution in [2.45, 2.75) is 19.5 Å². The van der Waals surface area contributed by atoms with E-state index in [0.717, 1.165) is 29.8 Å². The first-order valence-corrected chi connectivity index (χ1v) is 7.69. The molecular weight excluding hydrogens is 310 g/mol. The van der Waals surface area contributed by atoms with E-state index in [0.29, 0.717) is 30.5 Å². The van der Waals surface area contributed by atoms with Crippen LogP contribution >= 0.6 is 0 Å². The molecule has 0 atom stereocenters. The number of phenols is 1. The number of benzene rings is 1. The molecule has 0 unspecified atom stereocenters. The Morgan fingerprint density at radius 2 is 1.79 bits per heavy atom. The highest BCUT2D eigenvalue weighted by atomic mass is 16.5. The van der Waals surface area contributed by atoms with Crippen LogP contribution in [-0.2, 0) is 19.5 Å². The van der Waals surface area contributed by atoms with Gasteiger partial charge in [0.1, 0.15) is 6.33 Å². The predicted molar refractivity (Wildman–Crippen MR) is 87.6 cm³/mol. The number of aromatic hydroxyl groups is 1. The summed E-state index contributed by atoms with van der Waals surface area (Å²) >= 11 is 0. The predicted octanol–water partition coefficient (Wildman–Crippen LogP) is 1.77. The second-order valence-electron chi connectivity index (χ2n) is 5.62. The van der Waals surface area contributed by atoms with Crippen molar-refractivity contribution in [2.75, 3.05) is 27.9 Å². The van der Waals surface area contributed by atoms with Gasteiger partial charge >= 0.3 is 0 Å². The number of rotatable bonds is 5. The highest BCUT2D eigenvalue weighted by Gasteiger charge is 2.22. The summed E-state index contributed by atoms with van der Waals surface area (Å²) in [6, 6.07) is 3.65. The highest BCUT2D eigenvalue weighted by molar-refractivity contribution is 5.52. The summed E-state index contributed by atoms with van der Waals surface area (Å²) in [4.78, 5) is 10.8. The number of ether oxygens (including phenoxy) is 3. The number of methoxy groups -OCH3 is 3. The van der Waals surface area contributed by atoms with Crippen molar-refractivity contribution in [3.05, 3.63) is 35.3 Å². The lowest BCUT2D eigenvalue weighted by molar-refractivity contribution is 0.235. The van der Waals surface area contributed by atoms with Crippen LogP contribution in [0.5, 0.6) is 23.1 Å². The molecule has 0 amide bonds. The Morgan fingerprint density at radius 3 is 2.42 bits per heavy atom. The first-order chi connectivity index (χ1) is 11.7. The molecule has 7 nitrogen and oxygen atoms in total. The number of aromatic nitrogens is 2. The molecule has 0 fully saturated rings. The fourth-order valence-corrected chi connectivity index (χ4v) is 2.98. The van der Waals surface area contributed by atoms with Crippen molar-refractivity contribution >= 4 is 0 Å². The van der Waals surface area contributed by atoms with E-state index in [9.17, 15) is 5.11 Å². The molecule has 3 rings (SSSR count). The maximum absolute atomic E-state index is 10.0. The van der Waals surface area contributed by atoms with Gasteiger partial charge in [0.2, 0.25) is 11.6 Å². The van der Waals surface area contributed by atoms with Crippen molar-refractivity contribution in [2.24, 2.45) is 0 Å². The summed E-state index contributed by atoms with van der Waals surface area (Å²) in [5, 5.41) is 10.0. The SMILES string of the molecule is COc1cc(CN2CCc3ncnc(OC)c3C2)cc(OC)c1O. The van der Waals surface area contributed by atoms with Crippen molar-refractivity contribution in [1.29, 1.82) is 0 Å². The van der Waals surface area contributed by atoms with Crippen molar-refractivity contribution in [1.82, 2.24) is 14.9 Å². The number of hydrogen-bond donors (Lipinski definition) is 1. The average molecular weight is 331 g/mol. The molecule has 7 heteroatoms. The molecule has 1 aliphatic heterocycles. The van der Waals surface area contributed by atoms with Crippen molar-refractivity contribution in [3.8, 4) is 23.1 Å². The summed E-state index contributed by atoms with van der Waals surface area (Å²) in [7, 11) is 4.67. The zero-order chi connectivity index (χ0) is 17.1. The normalized spacial score (nSPS) is 14.1. The van der Waals surface area contributed by atoms with Crippen LogP contribution in [0.15, 0.2) is 18.5 Å². The van der Waals surface area contributed by atoms with Crippen LogP contribution in [-0.4, -0.2) is 47.8 Å². The van der Waals surface area contributed by atoms with Crippen LogP contribution in [0.1, 0.15) is 16.8 Å². The van der Waals surface area contributed by atoms with E-state index in [1.54, 1.807) is 13.4 Å². The largest absolute Gasteiger partial charge is 0.502 e. The third kappa shape index (κ3) is 3.07. The zero-order valence-electron chi connectivity index (χ0n) is 14.1. The monoisotopic (exact) mass is 331 g/mol. The van der Waals surface area contributed by atoms with Crippen LogP contribution < -0.4 is 14.2 Å². The van der Waals surface area contributed by atoms with Crippen LogP contribution in [0, 0.1) is 0 Å². The van der Waals surface area contributed by atoms with Gasteiger partial charge < -0.3 is 19.3 Å². The Balaban J connectivity index is 1.82. The van der Waals surface area contributed by atoms with Gasteiger partial charge in [0.05, 0.1) is 27.0 Å². The first-order valence-electron chi connectivity index (χ1n) is 7.69. The molecule has 0 saturated carbocycles. The molecule has 1 N–H and O–H groups in total. The van der Waals surface area contributed by atoms with E-state index in [2.05, 4.69) is 14.9 Å². The zero-order valence-corrected chi connectivity index (χ0v) is 14.1. The molecule has 0 saturated heterocycles. The molecule has 0 radical (unpaired) electrons. The maximum atomic E-state index is 10.0. The highest BCUT2D eigenvalue weighted by Crippen LogP contribution is 2.37. The lowest BCUT2D eigenvalue weighted by atomic mass is 10.1. The van der Waals surface area contributed by atoms with Gasteiger partial charge in [-0.15, -0.1) is 0 Å². The lowest BCUT2D eigenvalue weighted by Gasteiger charge is -2.28. The fourth-order valence-electron chi connectivity index (χ4n) is 2.98. The van der Waals surface area contributed by atoms with Crippen LogP contribution in [0.3, 0.4) is 0 Å². The van der Waals surface area contributed by atoms with Gasteiger partial charge in [-0.25, -0.2) is 9.97 Å². The molecule has 24 heavy (non-hydrogen) atoms. The molecule has 0 aliphatic carbocycles. The van der Waals surface area contributed by atoms with Gasteiger partial charge in [-0.1, -0.05) is 0 Å².